The summed E-state index contributed by atoms with van der Waals surface area (Å²) < 4.78 is 9.48. The van der Waals surface area contributed by atoms with E-state index in [0.717, 1.165) is 5.39 Å². The lowest BCUT2D eigenvalue weighted by molar-refractivity contribution is 0.388. The normalized spacial score (nSPS) is 10.7. The molecule has 0 fully saturated rings. The number of anilines is 1. The number of hydrogen-bond acceptors (Lipinski definition) is 4. The molecule has 4 heteroatoms. The van der Waals surface area contributed by atoms with Crippen LogP contribution in [0, 0.1) is 0 Å². The van der Waals surface area contributed by atoms with Gasteiger partial charge in [0.2, 0.25) is 0 Å². The molecule has 0 saturated carbocycles. The van der Waals surface area contributed by atoms with E-state index in [0.29, 0.717) is 11.5 Å². The third kappa shape index (κ3) is 0.440. The number of nitrogen functional groups attached to an aromatic ring is 1. The minimum absolute atomic E-state index is 0.382. The van der Waals surface area contributed by atoms with E-state index in [1.807, 2.05) is 0 Å². The van der Waals surface area contributed by atoms with Crippen molar-refractivity contribution in [2.45, 2.75) is 0 Å². The molecule has 46 valence electrons. The van der Waals surface area contributed by atoms with E-state index in [1.54, 1.807) is 0 Å². The zero-order valence-electron chi connectivity index (χ0n) is 4.50. The Morgan fingerprint density at radius 2 is 2.44 bits per heavy atom. The molecule has 2 N–H and O–H groups in total. The summed E-state index contributed by atoms with van der Waals surface area (Å²) in [5, 5.41) is 4.20. The Balaban J connectivity index is 2.99. The van der Waals surface area contributed by atoms with Gasteiger partial charge in [-0.15, -0.1) is 0 Å². The standard InChI is InChI=1S/C5H4N2O2/c6-4-2-8-5-3(4)1-7-9-5/h1-2H,6H2. The van der Waals surface area contributed by atoms with Gasteiger partial charge < -0.3 is 14.7 Å². The zero-order chi connectivity index (χ0) is 6.27. The molecule has 2 aromatic rings. The highest BCUT2D eigenvalue weighted by Gasteiger charge is 2.04. The van der Waals surface area contributed by atoms with E-state index in [2.05, 4.69) is 9.68 Å². The lowest BCUT2D eigenvalue weighted by atomic mass is 10.4. The molecule has 0 aromatic carbocycles. The lowest BCUT2D eigenvalue weighted by Crippen LogP contribution is -1.77. The molecule has 0 amide bonds. The average molecular weight is 124 g/mol. The molecule has 2 rings (SSSR count). The van der Waals surface area contributed by atoms with E-state index >= 15 is 0 Å². The van der Waals surface area contributed by atoms with Crippen LogP contribution in [-0.2, 0) is 0 Å². The lowest BCUT2D eigenvalue weighted by Gasteiger charge is -1.71. The van der Waals surface area contributed by atoms with E-state index in [4.69, 9.17) is 10.2 Å². The first-order valence-electron chi connectivity index (χ1n) is 2.45. The minimum Gasteiger partial charge on any atom is -0.430 e. The maximum atomic E-state index is 5.43. The molecule has 0 radical (unpaired) electrons. The van der Waals surface area contributed by atoms with Crippen LogP contribution in [0.4, 0.5) is 5.69 Å². The molecule has 0 aliphatic carbocycles. The summed E-state index contributed by atoms with van der Waals surface area (Å²) >= 11 is 0. The van der Waals surface area contributed by atoms with Gasteiger partial charge in [0.1, 0.15) is 11.6 Å². The Morgan fingerprint density at radius 3 is 3.22 bits per heavy atom. The largest absolute Gasteiger partial charge is 0.430 e. The Kier molecular flexibility index (Phi) is 0.631. The molecule has 0 atom stereocenters. The number of fused-ring (bicyclic) bond motifs is 1. The van der Waals surface area contributed by atoms with Crippen molar-refractivity contribution >= 4 is 16.9 Å². The van der Waals surface area contributed by atoms with Crippen LogP contribution < -0.4 is 5.73 Å². The molecule has 0 unspecified atom stereocenters. The number of furan rings is 1. The van der Waals surface area contributed by atoms with Crippen molar-refractivity contribution in [1.29, 1.82) is 0 Å². The SMILES string of the molecule is Nc1coc2oncc12. The van der Waals surface area contributed by atoms with Gasteiger partial charge in [0.15, 0.2) is 0 Å². The van der Waals surface area contributed by atoms with Crippen LogP contribution >= 0.6 is 0 Å². The maximum absolute atomic E-state index is 5.43. The van der Waals surface area contributed by atoms with Gasteiger partial charge >= 0.3 is 5.78 Å². The fraction of sp³-hybridized carbons (Fsp3) is 0. The van der Waals surface area contributed by atoms with Crippen molar-refractivity contribution in [2.24, 2.45) is 0 Å². The van der Waals surface area contributed by atoms with Crippen LogP contribution in [0.15, 0.2) is 21.4 Å². The van der Waals surface area contributed by atoms with Crippen LogP contribution in [0.3, 0.4) is 0 Å². The number of aromatic nitrogens is 1. The zero-order valence-corrected chi connectivity index (χ0v) is 4.50. The molecule has 0 bridgehead atoms. The van der Waals surface area contributed by atoms with Crippen molar-refractivity contribution in [3.8, 4) is 0 Å². The van der Waals surface area contributed by atoms with E-state index in [1.165, 1.54) is 12.5 Å². The van der Waals surface area contributed by atoms with Gasteiger partial charge in [-0.25, -0.2) is 0 Å². The second kappa shape index (κ2) is 1.28. The van der Waals surface area contributed by atoms with Gasteiger partial charge in [0, 0.05) is 0 Å². The third-order valence-electron chi connectivity index (χ3n) is 1.14. The van der Waals surface area contributed by atoms with Crippen LogP contribution in [0.2, 0.25) is 0 Å². The van der Waals surface area contributed by atoms with Crippen LogP contribution in [0.1, 0.15) is 0 Å². The second-order valence-electron chi connectivity index (χ2n) is 1.72. The van der Waals surface area contributed by atoms with Gasteiger partial charge in [-0.1, -0.05) is 5.16 Å². The monoisotopic (exact) mass is 124 g/mol. The van der Waals surface area contributed by atoms with Gasteiger partial charge in [-0.05, 0) is 0 Å². The van der Waals surface area contributed by atoms with Gasteiger partial charge in [-0.3, -0.25) is 0 Å². The first kappa shape index (κ1) is 4.43. The fourth-order valence-corrected chi connectivity index (χ4v) is 0.687. The van der Waals surface area contributed by atoms with Crippen molar-refractivity contribution < 1.29 is 8.94 Å². The molecule has 0 spiro atoms. The predicted octanol–water partition coefficient (Wildman–Crippen LogP) is 1.00. The van der Waals surface area contributed by atoms with E-state index in [9.17, 15) is 0 Å². The Labute approximate surface area is 50.2 Å². The molecular formula is C5H4N2O2. The van der Waals surface area contributed by atoms with Gasteiger partial charge in [-0.2, -0.15) is 0 Å². The average Bonchev–Trinajstić information content (AvgIpc) is 2.35. The Bertz CT molecular complexity index is 322. The molecule has 2 aromatic heterocycles. The quantitative estimate of drug-likeness (QED) is 0.569. The van der Waals surface area contributed by atoms with Crippen LogP contribution in [-0.4, -0.2) is 5.16 Å². The highest BCUT2D eigenvalue weighted by molar-refractivity contribution is 5.84. The molecule has 0 aliphatic rings. The maximum Gasteiger partial charge on any atom is 0.325 e. The molecule has 0 aliphatic heterocycles. The highest BCUT2D eigenvalue weighted by Crippen LogP contribution is 2.21. The minimum atomic E-state index is 0.382. The number of nitrogens with zero attached hydrogens (tertiary/aromatic N) is 1. The van der Waals surface area contributed by atoms with Crippen LogP contribution in [0.25, 0.3) is 11.2 Å². The number of rotatable bonds is 0. The first-order chi connectivity index (χ1) is 4.38. The molecular weight excluding hydrogens is 120 g/mol. The number of hydrogen-bond donors (Lipinski definition) is 1. The summed E-state index contributed by atoms with van der Waals surface area (Å²) in [5.41, 5.74) is 5.99. The highest BCUT2D eigenvalue weighted by atomic mass is 16.5. The summed E-state index contributed by atoms with van der Waals surface area (Å²) in [6.45, 7) is 0. The Hall–Kier alpha value is -1.45. The molecule has 4 nitrogen and oxygen atoms in total. The van der Waals surface area contributed by atoms with E-state index < -0.39 is 0 Å². The summed E-state index contributed by atoms with van der Waals surface area (Å²) in [6.07, 6.45) is 2.95. The fourth-order valence-electron chi connectivity index (χ4n) is 0.687. The van der Waals surface area contributed by atoms with Crippen molar-refractivity contribution in [3.05, 3.63) is 12.5 Å². The summed E-state index contributed by atoms with van der Waals surface area (Å²) in [4.78, 5) is 0. The van der Waals surface area contributed by atoms with E-state index in [-0.39, 0.29) is 0 Å². The van der Waals surface area contributed by atoms with Crippen molar-refractivity contribution in [2.75, 3.05) is 5.73 Å². The predicted molar refractivity (Wildman–Crippen MR) is 30.7 cm³/mol. The molecule has 2 heterocycles. The van der Waals surface area contributed by atoms with Crippen molar-refractivity contribution in [1.82, 2.24) is 5.16 Å². The molecule has 0 saturated heterocycles. The first-order valence-corrected chi connectivity index (χ1v) is 2.45. The Morgan fingerprint density at radius 1 is 1.56 bits per heavy atom. The summed E-state index contributed by atoms with van der Waals surface area (Å²) in [7, 11) is 0. The van der Waals surface area contributed by atoms with Gasteiger partial charge in [0.05, 0.1) is 11.9 Å². The smallest absolute Gasteiger partial charge is 0.325 e. The summed E-state index contributed by atoms with van der Waals surface area (Å²) in [6, 6.07) is 0. The second-order valence-corrected chi connectivity index (χ2v) is 1.72. The molecule has 9 heavy (non-hydrogen) atoms. The number of nitrogens with two attached hydrogens (primary N) is 1. The summed E-state index contributed by atoms with van der Waals surface area (Å²) in [5.74, 6) is 0.382. The van der Waals surface area contributed by atoms with Crippen molar-refractivity contribution in [3.63, 3.8) is 0 Å². The topological polar surface area (TPSA) is 65.2 Å². The van der Waals surface area contributed by atoms with Gasteiger partial charge in [0.25, 0.3) is 0 Å². The third-order valence-corrected chi connectivity index (χ3v) is 1.14. The van der Waals surface area contributed by atoms with Crippen LogP contribution in [0.5, 0.6) is 0 Å².